The number of hydrogen-bond donors (Lipinski definition) is 1. The highest BCUT2D eigenvalue weighted by molar-refractivity contribution is 7.99. The first kappa shape index (κ1) is 25.2. The van der Waals surface area contributed by atoms with Crippen LogP contribution in [-0.4, -0.2) is 64.7 Å². The van der Waals surface area contributed by atoms with Gasteiger partial charge >= 0.3 is 0 Å². The van der Waals surface area contributed by atoms with E-state index in [9.17, 15) is 14.0 Å². The molecular weight excluding hydrogens is 465 g/mol. The van der Waals surface area contributed by atoms with Gasteiger partial charge in [-0.1, -0.05) is 43.3 Å². The summed E-state index contributed by atoms with van der Waals surface area (Å²) in [4.78, 5) is 37.5. The zero-order valence-electron chi connectivity index (χ0n) is 19.1. The molecule has 1 saturated heterocycles. The molecule has 0 radical (unpaired) electrons. The summed E-state index contributed by atoms with van der Waals surface area (Å²) < 4.78 is 13.5. The lowest BCUT2D eigenvalue weighted by Crippen LogP contribution is -2.54. The normalized spacial score (nSPS) is 16.2. The van der Waals surface area contributed by atoms with Gasteiger partial charge in [-0.15, -0.1) is 0 Å². The molecule has 1 atom stereocenters. The number of piperazine rings is 1. The van der Waals surface area contributed by atoms with Crippen molar-refractivity contribution >= 4 is 41.0 Å². The highest BCUT2D eigenvalue weighted by atomic mass is 35.5. The number of aromatic nitrogens is 2. The van der Waals surface area contributed by atoms with Crippen LogP contribution >= 0.6 is 23.4 Å². The van der Waals surface area contributed by atoms with Crippen LogP contribution in [0.25, 0.3) is 0 Å². The van der Waals surface area contributed by atoms with Crippen LogP contribution in [0.15, 0.2) is 35.5 Å². The summed E-state index contributed by atoms with van der Waals surface area (Å²) in [6, 6.07) is 7.32. The van der Waals surface area contributed by atoms with Gasteiger partial charge in [0.15, 0.2) is 5.16 Å². The topological polar surface area (TPSA) is 78.4 Å². The fourth-order valence-corrected chi connectivity index (χ4v) is 4.46. The van der Waals surface area contributed by atoms with E-state index in [1.165, 1.54) is 30.0 Å². The molecule has 0 spiro atoms. The zero-order chi connectivity index (χ0) is 24.0. The number of amides is 2. The first-order valence-electron chi connectivity index (χ1n) is 11.0. The second-order valence-electron chi connectivity index (χ2n) is 8.46. The average molecular weight is 494 g/mol. The van der Waals surface area contributed by atoms with Gasteiger partial charge in [-0.25, -0.2) is 14.4 Å². The number of halogens is 2. The van der Waals surface area contributed by atoms with Crippen LogP contribution < -0.4 is 10.2 Å². The molecular formula is C23H29ClFN5O2S. The second kappa shape index (κ2) is 11.7. The molecule has 7 nitrogen and oxygen atoms in total. The van der Waals surface area contributed by atoms with Crippen LogP contribution in [0.5, 0.6) is 0 Å². The van der Waals surface area contributed by atoms with Gasteiger partial charge in [-0.3, -0.25) is 9.59 Å². The van der Waals surface area contributed by atoms with Crippen LogP contribution in [0.2, 0.25) is 5.15 Å². The van der Waals surface area contributed by atoms with Crippen molar-refractivity contribution in [2.45, 2.75) is 38.4 Å². The predicted octanol–water partition coefficient (Wildman–Crippen LogP) is 3.87. The quantitative estimate of drug-likeness (QED) is 0.341. The molecule has 1 N–H and O–H groups in total. The number of nitrogens with zero attached hydrogens (tertiary/aromatic N) is 4. The third kappa shape index (κ3) is 7.30. The van der Waals surface area contributed by atoms with Gasteiger partial charge in [-0.2, -0.15) is 0 Å². The molecule has 0 bridgehead atoms. The van der Waals surface area contributed by atoms with E-state index in [-0.39, 0.29) is 23.6 Å². The Labute approximate surface area is 203 Å². The molecule has 1 aromatic heterocycles. The summed E-state index contributed by atoms with van der Waals surface area (Å²) in [6.45, 7) is 8.39. The number of carbonyl (C=O) groups is 2. The Kier molecular flexibility index (Phi) is 8.91. The summed E-state index contributed by atoms with van der Waals surface area (Å²) in [7, 11) is 0. The lowest BCUT2D eigenvalue weighted by molar-refractivity contribution is -0.118. The van der Waals surface area contributed by atoms with Crippen molar-refractivity contribution in [3.8, 4) is 0 Å². The van der Waals surface area contributed by atoms with Crippen LogP contribution in [0.3, 0.4) is 0 Å². The van der Waals surface area contributed by atoms with E-state index in [4.69, 9.17) is 11.6 Å². The number of rotatable bonds is 8. The van der Waals surface area contributed by atoms with Gasteiger partial charge in [-0.05, 0) is 37.5 Å². The van der Waals surface area contributed by atoms with Crippen molar-refractivity contribution in [1.29, 1.82) is 0 Å². The minimum Gasteiger partial charge on any atom is -0.355 e. The standard InChI is InChI=1S/C23H29ClFN5O2S/c1-15(2)7-8-26-21(31)14-33-23-27-19(24)12-20(28-23)29-9-10-30(16(3)13-29)22(32)17-5-4-6-18(25)11-17/h4-6,11-12,15-16H,7-10,13-14H2,1-3H3,(H,26,31). The maximum absolute atomic E-state index is 13.5. The van der Waals surface area contributed by atoms with Crippen LogP contribution in [0.4, 0.5) is 10.2 Å². The zero-order valence-corrected chi connectivity index (χ0v) is 20.6. The number of thioether (sulfide) groups is 1. The SMILES string of the molecule is CC(C)CCNC(=O)CSc1nc(Cl)cc(N2CCN(C(=O)c3cccc(F)c3)C(C)C2)n1. The summed E-state index contributed by atoms with van der Waals surface area (Å²) >= 11 is 7.46. The van der Waals surface area contributed by atoms with E-state index in [0.717, 1.165) is 6.42 Å². The fraction of sp³-hybridized carbons (Fsp3) is 0.478. The molecule has 2 heterocycles. The molecule has 178 valence electrons. The Balaban J connectivity index is 1.59. The van der Waals surface area contributed by atoms with E-state index in [0.29, 0.717) is 53.8 Å². The van der Waals surface area contributed by atoms with Crippen molar-refractivity contribution in [1.82, 2.24) is 20.2 Å². The van der Waals surface area contributed by atoms with Crippen molar-refractivity contribution in [2.24, 2.45) is 5.92 Å². The van der Waals surface area contributed by atoms with Crippen molar-refractivity contribution in [3.05, 3.63) is 46.9 Å². The molecule has 2 amide bonds. The average Bonchev–Trinajstić information content (AvgIpc) is 2.76. The molecule has 1 unspecified atom stereocenters. The Morgan fingerprint density at radius 3 is 2.76 bits per heavy atom. The van der Waals surface area contributed by atoms with Crippen LogP contribution in [0, 0.1) is 11.7 Å². The Hall–Kier alpha value is -2.39. The summed E-state index contributed by atoms with van der Waals surface area (Å²) in [5, 5.41) is 3.63. The number of carbonyl (C=O) groups excluding carboxylic acids is 2. The predicted molar refractivity (Wildman–Crippen MR) is 129 cm³/mol. The Morgan fingerprint density at radius 1 is 1.27 bits per heavy atom. The number of hydrogen-bond acceptors (Lipinski definition) is 6. The minimum atomic E-state index is -0.429. The second-order valence-corrected chi connectivity index (χ2v) is 9.79. The Bertz CT molecular complexity index is 993. The van der Waals surface area contributed by atoms with Crippen molar-refractivity contribution in [2.75, 3.05) is 36.8 Å². The summed E-state index contributed by atoms with van der Waals surface area (Å²) in [6.07, 6.45) is 0.931. The molecule has 3 rings (SSSR count). The molecule has 1 aliphatic rings. The Morgan fingerprint density at radius 2 is 2.06 bits per heavy atom. The largest absolute Gasteiger partial charge is 0.355 e. The number of anilines is 1. The molecule has 33 heavy (non-hydrogen) atoms. The summed E-state index contributed by atoms with van der Waals surface area (Å²) in [5.74, 6) is 0.711. The molecule has 2 aromatic rings. The van der Waals surface area contributed by atoms with E-state index in [1.807, 2.05) is 11.8 Å². The van der Waals surface area contributed by atoms with Gasteiger partial charge in [0.2, 0.25) is 5.91 Å². The molecule has 0 aliphatic carbocycles. The number of benzene rings is 1. The number of nitrogens with one attached hydrogen (secondary N) is 1. The lowest BCUT2D eigenvalue weighted by Gasteiger charge is -2.40. The molecule has 10 heteroatoms. The van der Waals surface area contributed by atoms with Gasteiger partial charge in [0.1, 0.15) is 16.8 Å². The fourth-order valence-electron chi connectivity index (χ4n) is 3.55. The lowest BCUT2D eigenvalue weighted by atomic mass is 10.1. The van der Waals surface area contributed by atoms with E-state index < -0.39 is 5.82 Å². The van der Waals surface area contributed by atoms with E-state index in [1.54, 1.807) is 17.0 Å². The third-order valence-corrected chi connectivity index (χ3v) is 6.36. The van der Waals surface area contributed by atoms with Crippen molar-refractivity contribution < 1.29 is 14.0 Å². The van der Waals surface area contributed by atoms with Crippen LogP contribution in [-0.2, 0) is 4.79 Å². The highest BCUT2D eigenvalue weighted by Crippen LogP contribution is 2.24. The smallest absolute Gasteiger partial charge is 0.254 e. The van der Waals surface area contributed by atoms with Gasteiger partial charge in [0.25, 0.3) is 5.91 Å². The van der Waals surface area contributed by atoms with Crippen LogP contribution in [0.1, 0.15) is 37.6 Å². The first-order chi connectivity index (χ1) is 15.7. The van der Waals surface area contributed by atoms with Gasteiger partial charge in [0, 0.05) is 43.9 Å². The summed E-state index contributed by atoms with van der Waals surface area (Å²) in [5.41, 5.74) is 0.339. The van der Waals surface area contributed by atoms with Gasteiger partial charge in [0.05, 0.1) is 5.75 Å². The highest BCUT2D eigenvalue weighted by Gasteiger charge is 2.29. The maximum atomic E-state index is 13.5. The third-order valence-electron chi connectivity index (χ3n) is 5.32. The first-order valence-corrected chi connectivity index (χ1v) is 12.3. The van der Waals surface area contributed by atoms with E-state index >= 15 is 0 Å². The van der Waals surface area contributed by atoms with Crippen molar-refractivity contribution in [3.63, 3.8) is 0 Å². The maximum Gasteiger partial charge on any atom is 0.254 e. The van der Waals surface area contributed by atoms with E-state index in [2.05, 4.69) is 29.1 Å². The molecule has 1 fully saturated rings. The molecule has 1 aliphatic heterocycles. The monoisotopic (exact) mass is 493 g/mol. The van der Waals surface area contributed by atoms with Gasteiger partial charge < -0.3 is 15.1 Å². The molecule has 1 aromatic carbocycles. The minimum absolute atomic E-state index is 0.0659. The molecule has 0 saturated carbocycles.